The molecular formula is C20H27N5O3. The normalized spacial score (nSPS) is 14.2. The summed E-state index contributed by atoms with van der Waals surface area (Å²) in [6.07, 6.45) is 8.32. The second kappa shape index (κ2) is 10.3. The van der Waals surface area contributed by atoms with Gasteiger partial charge in [-0.2, -0.15) is 0 Å². The molecule has 3 heterocycles. The summed E-state index contributed by atoms with van der Waals surface area (Å²) in [6, 6.07) is 7.10. The summed E-state index contributed by atoms with van der Waals surface area (Å²) in [6.45, 7) is 2.65. The molecule has 0 aliphatic carbocycles. The number of pyridine rings is 1. The first-order valence-electron chi connectivity index (χ1n) is 9.71. The fourth-order valence-electron chi connectivity index (χ4n) is 3.07. The number of aromatic nitrogens is 1. The molecule has 0 spiro atoms. The molecular weight excluding hydrogens is 358 g/mol. The molecule has 3 rings (SSSR count). The van der Waals surface area contributed by atoms with Crippen molar-refractivity contribution in [1.82, 2.24) is 20.9 Å². The Labute approximate surface area is 164 Å². The molecule has 1 fully saturated rings. The summed E-state index contributed by atoms with van der Waals surface area (Å²) in [4.78, 5) is 30.4. The number of nitrogens with one attached hydrogen (secondary N) is 3. The van der Waals surface area contributed by atoms with Crippen molar-refractivity contribution in [2.24, 2.45) is 0 Å². The highest BCUT2D eigenvalue weighted by Gasteiger charge is 2.11. The summed E-state index contributed by atoms with van der Waals surface area (Å²) in [7, 11) is 0. The van der Waals surface area contributed by atoms with Gasteiger partial charge in [0.15, 0.2) is 0 Å². The van der Waals surface area contributed by atoms with Gasteiger partial charge in [0.2, 0.25) is 5.91 Å². The molecule has 1 aliphatic heterocycles. The highest BCUT2D eigenvalue weighted by molar-refractivity contribution is 5.83. The zero-order valence-corrected chi connectivity index (χ0v) is 15.9. The largest absolute Gasteiger partial charge is 0.467 e. The third-order valence-electron chi connectivity index (χ3n) is 4.64. The molecule has 3 N–H and O–H groups in total. The van der Waals surface area contributed by atoms with Crippen LogP contribution in [0.2, 0.25) is 0 Å². The van der Waals surface area contributed by atoms with Gasteiger partial charge in [-0.05, 0) is 36.6 Å². The summed E-state index contributed by atoms with van der Waals surface area (Å²) in [5.74, 6) is 1.37. The molecule has 2 aromatic rings. The van der Waals surface area contributed by atoms with Crippen molar-refractivity contribution >= 4 is 17.8 Å². The maximum absolute atomic E-state index is 11.9. The minimum atomic E-state index is -0.398. The Kier molecular flexibility index (Phi) is 7.29. The summed E-state index contributed by atoms with van der Waals surface area (Å²) in [5, 5.41) is 7.93. The minimum Gasteiger partial charge on any atom is -0.467 e. The average molecular weight is 385 g/mol. The van der Waals surface area contributed by atoms with Crippen LogP contribution in [0.15, 0.2) is 41.1 Å². The van der Waals surface area contributed by atoms with E-state index in [0.717, 1.165) is 24.5 Å². The van der Waals surface area contributed by atoms with E-state index >= 15 is 0 Å². The van der Waals surface area contributed by atoms with Gasteiger partial charge in [0.05, 0.1) is 19.4 Å². The van der Waals surface area contributed by atoms with Crippen LogP contribution in [0.25, 0.3) is 0 Å². The SMILES string of the molecule is O=C(CNC(=O)NCc1ccc(N2CCCCCC2)nc1)NCc1ccco1. The number of anilines is 1. The van der Waals surface area contributed by atoms with Gasteiger partial charge in [-0.3, -0.25) is 4.79 Å². The number of hydrogen-bond acceptors (Lipinski definition) is 5. The first kappa shape index (κ1) is 19.7. The van der Waals surface area contributed by atoms with E-state index in [0.29, 0.717) is 18.8 Å². The molecule has 0 aromatic carbocycles. The zero-order valence-electron chi connectivity index (χ0n) is 15.9. The molecule has 1 aliphatic rings. The highest BCUT2D eigenvalue weighted by Crippen LogP contribution is 2.17. The van der Waals surface area contributed by atoms with E-state index in [-0.39, 0.29) is 12.5 Å². The molecule has 0 saturated carbocycles. The standard InChI is InChI=1S/C20H27N5O3/c26-19(22-14-17-6-5-11-28-17)15-24-20(27)23-13-16-7-8-18(21-12-16)25-9-3-1-2-4-10-25/h5-8,11-12H,1-4,9-10,13-15H2,(H,22,26)(H2,23,24,27). The van der Waals surface area contributed by atoms with Crippen LogP contribution in [0.3, 0.4) is 0 Å². The predicted octanol–water partition coefficient (Wildman–Crippen LogP) is 2.17. The maximum Gasteiger partial charge on any atom is 0.315 e. The van der Waals surface area contributed by atoms with Gasteiger partial charge < -0.3 is 25.3 Å². The number of rotatable bonds is 7. The monoisotopic (exact) mass is 385 g/mol. The van der Waals surface area contributed by atoms with Gasteiger partial charge >= 0.3 is 6.03 Å². The fourth-order valence-corrected chi connectivity index (χ4v) is 3.07. The number of amides is 3. The molecule has 0 atom stereocenters. The smallest absolute Gasteiger partial charge is 0.315 e. The molecule has 0 radical (unpaired) electrons. The molecule has 3 amide bonds. The van der Waals surface area contributed by atoms with Crippen molar-refractivity contribution in [1.29, 1.82) is 0 Å². The predicted molar refractivity (Wildman–Crippen MR) is 106 cm³/mol. The van der Waals surface area contributed by atoms with Crippen LogP contribution in [-0.2, 0) is 17.9 Å². The highest BCUT2D eigenvalue weighted by atomic mass is 16.3. The Morgan fingerprint density at radius 3 is 2.50 bits per heavy atom. The molecule has 2 aromatic heterocycles. The van der Waals surface area contributed by atoms with Gasteiger partial charge in [0.1, 0.15) is 11.6 Å². The topological polar surface area (TPSA) is 99.5 Å². The first-order chi connectivity index (χ1) is 13.7. The number of carbonyl (C=O) groups excluding carboxylic acids is 2. The number of furan rings is 1. The number of nitrogens with zero attached hydrogens (tertiary/aromatic N) is 2. The van der Waals surface area contributed by atoms with E-state index < -0.39 is 6.03 Å². The van der Waals surface area contributed by atoms with E-state index in [4.69, 9.17) is 4.42 Å². The van der Waals surface area contributed by atoms with E-state index in [1.807, 2.05) is 12.1 Å². The van der Waals surface area contributed by atoms with Crippen LogP contribution < -0.4 is 20.9 Å². The Morgan fingerprint density at radius 2 is 1.82 bits per heavy atom. The average Bonchev–Trinajstić information content (AvgIpc) is 3.10. The molecule has 8 nitrogen and oxygen atoms in total. The van der Waals surface area contributed by atoms with Gasteiger partial charge in [-0.15, -0.1) is 0 Å². The summed E-state index contributed by atoms with van der Waals surface area (Å²) in [5.41, 5.74) is 0.913. The zero-order chi connectivity index (χ0) is 19.6. The number of urea groups is 1. The summed E-state index contributed by atoms with van der Waals surface area (Å²) < 4.78 is 5.13. The second-order valence-electron chi connectivity index (χ2n) is 6.82. The Balaban J connectivity index is 1.35. The quantitative estimate of drug-likeness (QED) is 0.678. The maximum atomic E-state index is 11.9. The van der Waals surface area contributed by atoms with Crippen molar-refractivity contribution in [2.45, 2.75) is 38.8 Å². The summed E-state index contributed by atoms with van der Waals surface area (Å²) >= 11 is 0. The first-order valence-corrected chi connectivity index (χ1v) is 9.71. The lowest BCUT2D eigenvalue weighted by Gasteiger charge is -2.21. The lowest BCUT2D eigenvalue weighted by Crippen LogP contribution is -2.41. The minimum absolute atomic E-state index is 0.0985. The van der Waals surface area contributed by atoms with Crippen LogP contribution in [0.5, 0.6) is 0 Å². The number of carbonyl (C=O) groups is 2. The van der Waals surface area contributed by atoms with Gasteiger partial charge in [-0.1, -0.05) is 18.9 Å². The van der Waals surface area contributed by atoms with E-state index in [9.17, 15) is 9.59 Å². The fraction of sp³-hybridized carbons (Fsp3) is 0.450. The molecule has 8 heteroatoms. The van der Waals surface area contributed by atoms with Crippen molar-refractivity contribution in [3.8, 4) is 0 Å². The van der Waals surface area contributed by atoms with Crippen LogP contribution in [-0.4, -0.2) is 36.6 Å². The van der Waals surface area contributed by atoms with Crippen molar-refractivity contribution in [2.75, 3.05) is 24.5 Å². The van der Waals surface area contributed by atoms with Gasteiger partial charge in [-0.25, -0.2) is 9.78 Å². The van der Waals surface area contributed by atoms with Crippen LogP contribution in [0, 0.1) is 0 Å². The van der Waals surface area contributed by atoms with Crippen molar-refractivity contribution < 1.29 is 14.0 Å². The Hall–Kier alpha value is -3.03. The van der Waals surface area contributed by atoms with E-state index in [1.165, 1.54) is 25.7 Å². The van der Waals surface area contributed by atoms with E-state index in [1.54, 1.807) is 24.6 Å². The molecule has 150 valence electrons. The lowest BCUT2D eigenvalue weighted by molar-refractivity contribution is -0.120. The van der Waals surface area contributed by atoms with Gasteiger partial charge in [0, 0.05) is 25.8 Å². The number of hydrogen-bond donors (Lipinski definition) is 3. The van der Waals surface area contributed by atoms with Crippen molar-refractivity contribution in [3.05, 3.63) is 48.0 Å². The Bertz CT molecular complexity index is 738. The lowest BCUT2D eigenvalue weighted by atomic mass is 10.2. The molecule has 0 bridgehead atoms. The second-order valence-corrected chi connectivity index (χ2v) is 6.82. The molecule has 1 saturated heterocycles. The van der Waals surface area contributed by atoms with Crippen LogP contribution >= 0.6 is 0 Å². The third kappa shape index (κ3) is 6.29. The van der Waals surface area contributed by atoms with E-state index in [2.05, 4.69) is 25.8 Å². The van der Waals surface area contributed by atoms with Crippen LogP contribution in [0.1, 0.15) is 37.0 Å². The molecule has 28 heavy (non-hydrogen) atoms. The third-order valence-corrected chi connectivity index (χ3v) is 4.64. The van der Waals surface area contributed by atoms with Crippen molar-refractivity contribution in [3.63, 3.8) is 0 Å². The van der Waals surface area contributed by atoms with Crippen LogP contribution in [0.4, 0.5) is 10.6 Å². The molecule has 0 unspecified atom stereocenters. The van der Waals surface area contributed by atoms with Gasteiger partial charge in [0.25, 0.3) is 0 Å². The Morgan fingerprint density at radius 1 is 1.00 bits per heavy atom.